The van der Waals surface area contributed by atoms with Crippen molar-refractivity contribution >= 4 is 6.03 Å². The lowest BCUT2D eigenvalue weighted by Gasteiger charge is -2.34. The van der Waals surface area contributed by atoms with Gasteiger partial charge in [-0.15, -0.1) is 0 Å². The summed E-state index contributed by atoms with van der Waals surface area (Å²) in [4.78, 5) is 12.7. The normalized spacial score (nSPS) is 19.1. The van der Waals surface area contributed by atoms with E-state index in [0.717, 1.165) is 54.8 Å². The Bertz CT molecular complexity index is 1070. The van der Waals surface area contributed by atoms with E-state index in [1.807, 2.05) is 47.7 Å². The molecule has 6 N–H and O–H groups in total. The second kappa shape index (κ2) is 27.0. The van der Waals surface area contributed by atoms with Crippen LogP contribution in [0.3, 0.4) is 0 Å². The number of hydrogen-bond acceptors (Lipinski definition) is 4. The van der Waals surface area contributed by atoms with E-state index in [1.54, 1.807) is 0 Å². The van der Waals surface area contributed by atoms with Gasteiger partial charge in [-0.2, -0.15) is 0 Å². The molecule has 0 aromatic carbocycles. The number of urea groups is 1. The molecule has 2 amide bonds. The van der Waals surface area contributed by atoms with Crippen LogP contribution in [0.4, 0.5) is 4.79 Å². The van der Waals surface area contributed by atoms with Crippen molar-refractivity contribution in [3.63, 3.8) is 0 Å². The number of nitrogens with two attached hydrogens (primary N) is 2. The summed E-state index contributed by atoms with van der Waals surface area (Å²) in [7, 11) is 0. The molecule has 310 valence electrons. The molecule has 3 unspecified atom stereocenters. The molecule has 0 radical (unpaired) electrons. The lowest BCUT2D eigenvalue weighted by Crippen LogP contribution is -2.43. The van der Waals surface area contributed by atoms with Crippen molar-refractivity contribution in [2.45, 2.75) is 192 Å². The second-order valence-electron chi connectivity index (χ2n) is 18.2. The van der Waals surface area contributed by atoms with Crippen LogP contribution in [0, 0.1) is 34.5 Å². The Labute approximate surface area is 331 Å². The molecule has 2 saturated carbocycles. The molecule has 6 nitrogen and oxygen atoms in total. The summed E-state index contributed by atoms with van der Waals surface area (Å²) in [6.45, 7) is 49.5. The highest BCUT2D eigenvalue weighted by molar-refractivity contribution is 5.72. The van der Waals surface area contributed by atoms with E-state index in [0.29, 0.717) is 11.6 Å². The van der Waals surface area contributed by atoms with Gasteiger partial charge in [-0.1, -0.05) is 173 Å². The summed E-state index contributed by atoms with van der Waals surface area (Å²) in [5.74, 6) is 3.40. The SMILES string of the molecule is C=C(CC)CCCC(C)C.C=CN1C[C@H](C(C)(C)C)CC1C(=C)NC(CC1CCC1)C(=C)C(=C)N.CC.CC(NC(N)=O)C(C)(C)C.CCCC1CC1. The predicted molar refractivity (Wildman–Crippen MR) is 237 cm³/mol. The Kier molecular flexibility index (Phi) is 26.8. The average Bonchev–Trinajstić information content (AvgIpc) is 3.75. The Morgan fingerprint density at radius 2 is 1.47 bits per heavy atom. The van der Waals surface area contributed by atoms with Crippen molar-refractivity contribution in [3.05, 3.63) is 61.6 Å². The topological polar surface area (TPSA) is 96.4 Å². The van der Waals surface area contributed by atoms with E-state index in [-0.39, 0.29) is 29.0 Å². The Morgan fingerprint density at radius 1 is 0.906 bits per heavy atom. The first-order valence-electron chi connectivity index (χ1n) is 21.3. The lowest BCUT2D eigenvalue weighted by atomic mass is 9.78. The lowest BCUT2D eigenvalue weighted by molar-refractivity contribution is 0.230. The molecule has 1 heterocycles. The zero-order chi connectivity index (χ0) is 41.5. The molecule has 3 fully saturated rings. The molecule has 3 rings (SSSR count). The summed E-state index contributed by atoms with van der Waals surface area (Å²) in [5, 5.41) is 6.27. The molecule has 53 heavy (non-hydrogen) atoms. The van der Waals surface area contributed by atoms with Crippen molar-refractivity contribution < 1.29 is 4.79 Å². The van der Waals surface area contributed by atoms with Gasteiger partial charge in [0.15, 0.2) is 0 Å². The van der Waals surface area contributed by atoms with E-state index >= 15 is 0 Å². The highest BCUT2D eigenvalue weighted by atomic mass is 16.2. The van der Waals surface area contributed by atoms with Crippen molar-refractivity contribution in [1.29, 1.82) is 0 Å². The first kappa shape index (κ1) is 52.5. The zero-order valence-corrected chi connectivity index (χ0v) is 37.6. The molecule has 1 saturated heterocycles. The van der Waals surface area contributed by atoms with Crippen LogP contribution in [0.5, 0.6) is 0 Å². The van der Waals surface area contributed by atoms with Gasteiger partial charge in [-0.25, -0.2) is 4.79 Å². The molecule has 1 aliphatic heterocycles. The van der Waals surface area contributed by atoms with Crippen molar-refractivity contribution in [3.8, 4) is 0 Å². The van der Waals surface area contributed by atoms with Crippen LogP contribution in [0.25, 0.3) is 0 Å². The molecule has 4 atom stereocenters. The maximum Gasteiger partial charge on any atom is 0.312 e. The number of nitrogens with zero attached hydrogens (tertiary/aromatic N) is 1. The van der Waals surface area contributed by atoms with E-state index in [9.17, 15) is 4.79 Å². The van der Waals surface area contributed by atoms with Crippen LogP contribution in [0.1, 0.15) is 173 Å². The second-order valence-corrected chi connectivity index (χ2v) is 18.2. The summed E-state index contributed by atoms with van der Waals surface area (Å²) < 4.78 is 0. The van der Waals surface area contributed by atoms with Gasteiger partial charge >= 0.3 is 6.03 Å². The van der Waals surface area contributed by atoms with Gasteiger partial charge in [0.25, 0.3) is 0 Å². The molecule has 0 aromatic heterocycles. The van der Waals surface area contributed by atoms with Crippen LogP contribution in [0.15, 0.2) is 61.6 Å². The Morgan fingerprint density at radius 3 is 1.79 bits per heavy atom. The number of nitrogens with one attached hydrogen (secondary N) is 2. The fraction of sp³-hybridized carbons (Fsp3) is 0.766. The minimum Gasteiger partial charge on any atom is -0.399 e. The monoisotopic (exact) mass is 742 g/mol. The molecule has 2 aliphatic carbocycles. The van der Waals surface area contributed by atoms with E-state index in [4.69, 9.17) is 11.5 Å². The van der Waals surface area contributed by atoms with Crippen molar-refractivity contribution in [2.24, 2.45) is 46.0 Å². The summed E-state index contributed by atoms with van der Waals surface area (Å²) in [5.41, 5.74) is 15.2. The number of rotatable bonds is 16. The number of carbonyl (C=O) groups excluding carboxylic acids is 1. The zero-order valence-electron chi connectivity index (χ0n) is 37.6. The predicted octanol–water partition coefficient (Wildman–Crippen LogP) is 12.6. The van der Waals surface area contributed by atoms with Crippen LogP contribution in [-0.2, 0) is 0 Å². The van der Waals surface area contributed by atoms with Crippen LogP contribution in [-0.4, -0.2) is 35.6 Å². The van der Waals surface area contributed by atoms with Gasteiger partial charge in [0, 0.05) is 24.0 Å². The number of likely N-dealkylation sites (tertiary alicyclic amines) is 1. The van der Waals surface area contributed by atoms with Gasteiger partial charge in [0.1, 0.15) is 0 Å². The summed E-state index contributed by atoms with van der Waals surface area (Å²) in [6.07, 6.45) is 19.1. The molecule has 3 aliphatic rings. The molecule has 0 bridgehead atoms. The maximum absolute atomic E-state index is 10.4. The third-order valence-corrected chi connectivity index (χ3v) is 11.1. The molecule has 0 spiro atoms. The van der Waals surface area contributed by atoms with Gasteiger partial charge in [-0.05, 0) is 85.3 Å². The van der Waals surface area contributed by atoms with Gasteiger partial charge in [0.2, 0.25) is 0 Å². The molecule has 0 aromatic rings. The average molecular weight is 742 g/mol. The number of primary amides is 1. The van der Waals surface area contributed by atoms with Crippen molar-refractivity contribution in [2.75, 3.05) is 6.54 Å². The molecule has 6 heteroatoms. The quantitative estimate of drug-likeness (QED) is 0.0935. The smallest absolute Gasteiger partial charge is 0.312 e. The van der Waals surface area contributed by atoms with E-state index < -0.39 is 6.03 Å². The fourth-order valence-electron chi connectivity index (χ4n) is 6.11. The van der Waals surface area contributed by atoms with Crippen LogP contribution >= 0.6 is 0 Å². The summed E-state index contributed by atoms with van der Waals surface area (Å²) >= 11 is 0. The number of amides is 2. The third-order valence-electron chi connectivity index (χ3n) is 11.1. The maximum atomic E-state index is 10.4. The summed E-state index contributed by atoms with van der Waals surface area (Å²) in [6, 6.07) is 0.0764. The third kappa shape index (κ3) is 24.4. The molecular weight excluding hydrogens is 651 g/mol. The van der Waals surface area contributed by atoms with E-state index in [1.165, 1.54) is 69.8 Å². The Balaban J connectivity index is 0. The minimum absolute atomic E-state index is 0.0784. The number of hydrogen-bond donors (Lipinski definition) is 4. The van der Waals surface area contributed by atoms with Gasteiger partial charge in [-0.3, -0.25) is 0 Å². The number of allylic oxidation sites excluding steroid dienone is 1. The standard InChI is InChI=1S/C22H37N3.C10H20.C7H16N2O.C6H12.C2H6/c1-8-25-14-19(22(5,6)7)13-21(25)17(4)24-20(15(2)16(3)23)12-18-10-9-11-18;1-5-10(4)8-6-7-9(2)3;1-5(7(2,3)4)9-6(8)10;1-2-3-6-4-5-6;1-2/h8,18-21,24H,1-4,9-14,23H2,5-7H3;9H,4-8H2,1-3H3;5H,1-4H3,(H3,8,9,10);6H,2-5H2,1H3;1-2H3/t19-,20?,21?;;;;/m1..../s1. The van der Waals surface area contributed by atoms with Crippen LogP contribution in [0.2, 0.25) is 0 Å². The first-order chi connectivity index (χ1) is 24.6. The Hall–Kier alpha value is -2.63. The van der Waals surface area contributed by atoms with E-state index in [2.05, 4.69) is 96.9 Å². The number of carbonyl (C=O) groups is 1. The van der Waals surface area contributed by atoms with Gasteiger partial charge in [0.05, 0.1) is 12.1 Å². The first-order valence-corrected chi connectivity index (χ1v) is 21.3. The highest BCUT2D eigenvalue weighted by Gasteiger charge is 2.38. The minimum atomic E-state index is -0.456. The largest absolute Gasteiger partial charge is 0.399 e. The van der Waals surface area contributed by atoms with Gasteiger partial charge < -0.3 is 27.0 Å². The van der Waals surface area contributed by atoms with Crippen molar-refractivity contribution in [1.82, 2.24) is 15.5 Å². The van der Waals surface area contributed by atoms with Crippen LogP contribution < -0.4 is 22.1 Å². The molecular formula is C47H91N5O. The fourth-order valence-corrected chi connectivity index (χ4v) is 6.11. The highest BCUT2D eigenvalue weighted by Crippen LogP contribution is 2.39.